The van der Waals surface area contributed by atoms with Crippen molar-refractivity contribution in [3.63, 3.8) is 0 Å². The van der Waals surface area contributed by atoms with Gasteiger partial charge in [-0.05, 0) is 60.4 Å². The van der Waals surface area contributed by atoms with E-state index in [9.17, 15) is 0 Å². The third-order valence-corrected chi connectivity index (χ3v) is 5.66. The summed E-state index contributed by atoms with van der Waals surface area (Å²) in [6.45, 7) is 3.06. The van der Waals surface area contributed by atoms with Gasteiger partial charge in [-0.3, -0.25) is 0 Å². The number of hydrogen-bond acceptors (Lipinski definition) is 1. The molecule has 28 heavy (non-hydrogen) atoms. The van der Waals surface area contributed by atoms with E-state index >= 15 is 0 Å². The van der Waals surface area contributed by atoms with Crippen molar-refractivity contribution in [2.45, 2.75) is 45.2 Å². The van der Waals surface area contributed by atoms with Crippen LogP contribution in [0.1, 0.15) is 39.8 Å². The third-order valence-electron chi connectivity index (χ3n) is 5.66. The highest BCUT2D eigenvalue weighted by Crippen LogP contribution is 2.24. The van der Waals surface area contributed by atoms with Gasteiger partial charge < -0.3 is 5.32 Å². The summed E-state index contributed by atoms with van der Waals surface area (Å²) in [5.74, 6) is 0. The normalized spacial score (nSPS) is 13.9. The van der Waals surface area contributed by atoms with E-state index in [0.29, 0.717) is 6.04 Å². The van der Waals surface area contributed by atoms with Crippen molar-refractivity contribution in [3.8, 4) is 0 Å². The molecule has 1 aliphatic rings. The summed E-state index contributed by atoms with van der Waals surface area (Å²) in [5.41, 5.74) is 8.47. The number of allylic oxidation sites excluding steroid dienone is 1. The van der Waals surface area contributed by atoms with Crippen LogP contribution >= 0.6 is 0 Å². The van der Waals surface area contributed by atoms with Crippen molar-refractivity contribution in [1.82, 2.24) is 5.32 Å². The monoisotopic (exact) mass is 367 g/mol. The molecule has 0 spiro atoms. The van der Waals surface area contributed by atoms with E-state index < -0.39 is 0 Å². The molecule has 1 atom stereocenters. The molecule has 0 bridgehead atoms. The molecule has 3 aromatic rings. The van der Waals surface area contributed by atoms with Gasteiger partial charge in [-0.15, -0.1) is 0 Å². The van der Waals surface area contributed by atoms with Gasteiger partial charge in [-0.1, -0.05) is 90.5 Å². The van der Waals surface area contributed by atoms with Crippen molar-refractivity contribution in [1.29, 1.82) is 0 Å². The lowest BCUT2D eigenvalue weighted by molar-refractivity contribution is 0.504. The lowest BCUT2D eigenvalue weighted by atomic mass is 9.89. The van der Waals surface area contributed by atoms with Gasteiger partial charge in [0.05, 0.1) is 0 Å². The van der Waals surface area contributed by atoms with Gasteiger partial charge in [0.2, 0.25) is 0 Å². The molecule has 3 aromatic carbocycles. The summed E-state index contributed by atoms with van der Waals surface area (Å²) >= 11 is 0. The second kappa shape index (κ2) is 9.03. The molecule has 0 heterocycles. The van der Waals surface area contributed by atoms with Crippen LogP contribution in [0.25, 0.3) is 6.08 Å². The lowest BCUT2D eigenvalue weighted by Gasteiger charge is -2.22. The molecule has 1 nitrogen and oxygen atoms in total. The Hall–Kier alpha value is -2.64. The summed E-state index contributed by atoms with van der Waals surface area (Å²) in [5, 5.41) is 3.83. The highest BCUT2D eigenvalue weighted by atomic mass is 14.9. The maximum atomic E-state index is 3.83. The summed E-state index contributed by atoms with van der Waals surface area (Å²) in [4.78, 5) is 0. The first-order chi connectivity index (χ1) is 13.8. The Balaban J connectivity index is 1.54. The van der Waals surface area contributed by atoms with Crippen molar-refractivity contribution in [3.05, 3.63) is 112 Å². The first kappa shape index (κ1) is 18.7. The van der Waals surface area contributed by atoms with Gasteiger partial charge in [-0.25, -0.2) is 0 Å². The van der Waals surface area contributed by atoms with E-state index in [1.165, 1.54) is 39.8 Å². The molecule has 0 aliphatic heterocycles. The van der Waals surface area contributed by atoms with Gasteiger partial charge in [0.15, 0.2) is 0 Å². The van der Waals surface area contributed by atoms with Crippen LogP contribution in [0.5, 0.6) is 0 Å². The molecule has 0 radical (unpaired) electrons. The number of benzene rings is 3. The highest BCUT2D eigenvalue weighted by molar-refractivity contribution is 5.60. The third kappa shape index (κ3) is 4.79. The molecule has 0 saturated heterocycles. The lowest BCUT2D eigenvalue weighted by Crippen LogP contribution is -2.33. The first-order valence-electron chi connectivity index (χ1n) is 10.4. The van der Waals surface area contributed by atoms with Crippen LogP contribution < -0.4 is 5.32 Å². The fourth-order valence-electron chi connectivity index (χ4n) is 4.06. The quantitative estimate of drug-likeness (QED) is 0.548. The van der Waals surface area contributed by atoms with Crippen molar-refractivity contribution in [2.75, 3.05) is 0 Å². The molecule has 1 heteroatoms. The zero-order valence-electron chi connectivity index (χ0n) is 16.7. The van der Waals surface area contributed by atoms with Gasteiger partial charge in [0.25, 0.3) is 0 Å². The van der Waals surface area contributed by atoms with Gasteiger partial charge in [0, 0.05) is 12.6 Å². The molecule has 0 fully saturated rings. The molecule has 1 unspecified atom stereocenters. The second-order valence-electron chi connectivity index (χ2n) is 7.89. The van der Waals surface area contributed by atoms with Crippen LogP contribution in [-0.4, -0.2) is 6.04 Å². The Morgan fingerprint density at radius 3 is 2.46 bits per heavy atom. The largest absolute Gasteiger partial charge is 0.309 e. The first-order valence-corrected chi connectivity index (χ1v) is 10.4. The standard InChI is InChI=1S/C27H29N/c1-21-14-16-22(17-15-21)18-26(28-20-23-8-3-2-4-9-23)19-25-12-7-11-24-10-5-6-13-27(24)25/h2-4,6-9,11-17,26,28H,5,10,18-20H2,1H3. The molecular formula is C27H29N. The van der Waals surface area contributed by atoms with Crippen molar-refractivity contribution < 1.29 is 0 Å². The topological polar surface area (TPSA) is 12.0 Å². The Labute approximate surface area is 169 Å². The van der Waals surface area contributed by atoms with Crippen LogP contribution in [0.3, 0.4) is 0 Å². The zero-order valence-corrected chi connectivity index (χ0v) is 16.7. The number of nitrogens with one attached hydrogen (secondary N) is 1. The van der Waals surface area contributed by atoms with Gasteiger partial charge in [-0.2, -0.15) is 0 Å². The maximum Gasteiger partial charge on any atom is 0.0208 e. The fourth-order valence-corrected chi connectivity index (χ4v) is 4.06. The Bertz CT molecular complexity index is 922. The molecule has 0 saturated carbocycles. The summed E-state index contributed by atoms with van der Waals surface area (Å²) < 4.78 is 0. The number of fused-ring (bicyclic) bond motifs is 1. The van der Waals surface area contributed by atoms with E-state index in [4.69, 9.17) is 0 Å². The Kier molecular flexibility index (Phi) is 6.04. The van der Waals surface area contributed by atoms with Crippen LogP contribution in [0, 0.1) is 6.92 Å². The second-order valence-corrected chi connectivity index (χ2v) is 7.89. The minimum absolute atomic E-state index is 0.407. The molecule has 142 valence electrons. The van der Waals surface area contributed by atoms with Gasteiger partial charge in [0.1, 0.15) is 0 Å². The fraction of sp³-hybridized carbons (Fsp3) is 0.259. The van der Waals surface area contributed by atoms with Crippen LogP contribution in [0.2, 0.25) is 0 Å². The summed E-state index contributed by atoms with van der Waals surface area (Å²) in [6.07, 6.45) is 9.07. The SMILES string of the molecule is Cc1ccc(CC(Cc2cccc3c2C=CCC3)NCc2ccccc2)cc1. The van der Waals surface area contributed by atoms with E-state index in [1.807, 2.05) is 0 Å². The molecule has 0 amide bonds. The number of aryl methyl sites for hydroxylation is 2. The average molecular weight is 368 g/mol. The van der Waals surface area contributed by atoms with Crippen molar-refractivity contribution >= 4 is 6.08 Å². The van der Waals surface area contributed by atoms with Gasteiger partial charge >= 0.3 is 0 Å². The van der Waals surface area contributed by atoms with E-state index in [2.05, 4.69) is 97.2 Å². The molecule has 0 aromatic heterocycles. The molecular weight excluding hydrogens is 338 g/mol. The Morgan fingerprint density at radius 2 is 1.64 bits per heavy atom. The minimum Gasteiger partial charge on any atom is -0.309 e. The van der Waals surface area contributed by atoms with E-state index in [-0.39, 0.29) is 0 Å². The summed E-state index contributed by atoms with van der Waals surface area (Å²) in [7, 11) is 0. The number of hydrogen-bond donors (Lipinski definition) is 1. The van der Waals surface area contributed by atoms with Crippen LogP contribution in [0.4, 0.5) is 0 Å². The molecule has 1 aliphatic carbocycles. The summed E-state index contributed by atoms with van der Waals surface area (Å²) in [6, 6.07) is 26.9. The maximum absolute atomic E-state index is 3.83. The smallest absolute Gasteiger partial charge is 0.0208 e. The average Bonchev–Trinajstić information content (AvgIpc) is 2.74. The molecule has 1 N–H and O–H groups in total. The Morgan fingerprint density at radius 1 is 0.821 bits per heavy atom. The van der Waals surface area contributed by atoms with E-state index in [1.54, 1.807) is 0 Å². The van der Waals surface area contributed by atoms with Crippen LogP contribution in [-0.2, 0) is 25.8 Å². The van der Waals surface area contributed by atoms with Crippen LogP contribution in [0.15, 0.2) is 78.9 Å². The van der Waals surface area contributed by atoms with E-state index in [0.717, 1.165) is 25.8 Å². The van der Waals surface area contributed by atoms with Crippen molar-refractivity contribution in [2.24, 2.45) is 0 Å². The zero-order chi connectivity index (χ0) is 19.2. The minimum atomic E-state index is 0.407. The predicted molar refractivity (Wildman–Crippen MR) is 119 cm³/mol. The molecule has 4 rings (SSSR count). The predicted octanol–water partition coefficient (Wildman–Crippen LogP) is 5.90. The number of rotatable bonds is 7. The highest BCUT2D eigenvalue weighted by Gasteiger charge is 2.15.